The number of hydrogen-bond donors (Lipinski definition) is 0. The summed E-state index contributed by atoms with van der Waals surface area (Å²) >= 11 is 0. The van der Waals surface area contributed by atoms with E-state index >= 15 is 0 Å². The van der Waals surface area contributed by atoms with Gasteiger partial charge in [-0.1, -0.05) is 60.7 Å². The zero-order chi connectivity index (χ0) is 15.4. The molecule has 22 heavy (non-hydrogen) atoms. The Morgan fingerprint density at radius 2 is 1.41 bits per heavy atom. The van der Waals surface area contributed by atoms with Crippen LogP contribution in [-0.2, 0) is 4.74 Å². The molecule has 0 N–H and O–H groups in total. The fraction of sp³-hybridized carbons (Fsp3) is 0.0526. The Morgan fingerprint density at radius 3 is 2.18 bits per heavy atom. The molecule has 3 nitrogen and oxygen atoms in total. The molecule has 0 aliphatic rings. The summed E-state index contributed by atoms with van der Waals surface area (Å²) in [6.07, 6.45) is 0. The Labute approximate surface area is 128 Å². The van der Waals surface area contributed by atoms with Crippen LogP contribution in [0.15, 0.2) is 72.8 Å². The second kappa shape index (κ2) is 6.22. The fourth-order valence-electron chi connectivity index (χ4n) is 2.24. The normalized spacial score (nSPS) is 10.4. The monoisotopic (exact) mass is 290 g/mol. The van der Waals surface area contributed by atoms with Crippen molar-refractivity contribution in [3.05, 3.63) is 83.9 Å². The third-order valence-corrected chi connectivity index (χ3v) is 3.42. The summed E-state index contributed by atoms with van der Waals surface area (Å²) in [5.41, 5.74) is 0.980. The van der Waals surface area contributed by atoms with Crippen LogP contribution in [0.1, 0.15) is 20.7 Å². The average molecular weight is 290 g/mol. The van der Waals surface area contributed by atoms with E-state index in [-0.39, 0.29) is 12.4 Å². The molecule has 0 atom stereocenters. The molecular formula is C19H14O3. The third kappa shape index (κ3) is 3.04. The summed E-state index contributed by atoms with van der Waals surface area (Å²) in [5, 5.41) is 2.02. The number of carbonyl (C=O) groups excluding carboxylic acids is 2. The Hall–Kier alpha value is -2.94. The van der Waals surface area contributed by atoms with Crippen LogP contribution in [0.3, 0.4) is 0 Å². The van der Waals surface area contributed by atoms with Crippen molar-refractivity contribution in [1.29, 1.82) is 0 Å². The molecule has 0 fully saturated rings. The number of Topliss-reactive ketones (excluding diaryl/α,β-unsaturated/α-hetero) is 1. The second-order valence-electron chi connectivity index (χ2n) is 4.93. The summed E-state index contributed by atoms with van der Waals surface area (Å²) in [7, 11) is 0. The lowest BCUT2D eigenvalue weighted by Crippen LogP contribution is -2.14. The predicted octanol–water partition coefficient (Wildman–Crippen LogP) is 3.88. The van der Waals surface area contributed by atoms with Crippen LogP contribution >= 0.6 is 0 Å². The van der Waals surface area contributed by atoms with E-state index in [1.165, 1.54) is 0 Å². The largest absolute Gasteiger partial charge is 0.454 e. The minimum Gasteiger partial charge on any atom is -0.454 e. The SMILES string of the molecule is O=C(COC(=O)c1ccc2ccccc2c1)c1ccccc1. The number of carbonyl (C=O) groups is 2. The molecule has 3 rings (SSSR count). The summed E-state index contributed by atoms with van der Waals surface area (Å²) in [6, 6.07) is 21.9. The van der Waals surface area contributed by atoms with Gasteiger partial charge < -0.3 is 4.74 Å². The van der Waals surface area contributed by atoms with Crippen LogP contribution in [-0.4, -0.2) is 18.4 Å². The molecule has 0 unspecified atom stereocenters. The lowest BCUT2D eigenvalue weighted by atomic mass is 10.1. The minimum atomic E-state index is -0.491. The van der Waals surface area contributed by atoms with Crippen LogP contribution in [0.4, 0.5) is 0 Å². The van der Waals surface area contributed by atoms with Crippen LogP contribution < -0.4 is 0 Å². The van der Waals surface area contributed by atoms with Gasteiger partial charge in [-0.3, -0.25) is 4.79 Å². The molecule has 0 aromatic heterocycles. The van der Waals surface area contributed by atoms with Crippen molar-refractivity contribution in [2.75, 3.05) is 6.61 Å². The van der Waals surface area contributed by atoms with E-state index in [0.717, 1.165) is 10.8 Å². The number of rotatable bonds is 4. The van der Waals surface area contributed by atoms with Gasteiger partial charge in [0.25, 0.3) is 0 Å². The van der Waals surface area contributed by atoms with Crippen molar-refractivity contribution in [3.63, 3.8) is 0 Å². The van der Waals surface area contributed by atoms with Crippen molar-refractivity contribution in [1.82, 2.24) is 0 Å². The number of ketones is 1. The van der Waals surface area contributed by atoms with Crippen molar-refractivity contribution in [3.8, 4) is 0 Å². The van der Waals surface area contributed by atoms with Crippen molar-refractivity contribution in [2.45, 2.75) is 0 Å². The van der Waals surface area contributed by atoms with Gasteiger partial charge in [0.1, 0.15) is 0 Å². The Kier molecular flexibility index (Phi) is 3.97. The van der Waals surface area contributed by atoms with E-state index in [2.05, 4.69) is 0 Å². The van der Waals surface area contributed by atoms with Crippen molar-refractivity contribution < 1.29 is 14.3 Å². The Morgan fingerprint density at radius 1 is 0.727 bits per heavy atom. The highest BCUT2D eigenvalue weighted by Gasteiger charge is 2.11. The maximum absolute atomic E-state index is 12.0. The number of ether oxygens (including phenoxy) is 1. The molecule has 0 spiro atoms. The van der Waals surface area contributed by atoms with Crippen LogP contribution in [0.5, 0.6) is 0 Å². The molecule has 0 bridgehead atoms. The van der Waals surface area contributed by atoms with Gasteiger partial charge in [0.05, 0.1) is 5.56 Å². The van der Waals surface area contributed by atoms with E-state index in [4.69, 9.17) is 4.74 Å². The Balaban J connectivity index is 1.69. The smallest absolute Gasteiger partial charge is 0.338 e. The molecule has 0 aliphatic heterocycles. The lowest BCUT2D eigenvalue weighted by Gasteiger charge is -2.05. The topological polar surface area (TPSA) is 43.4 Å². The van der Waals surface area contributed by atoms with Gasteiger partial charge in [0.2, 0.25) is 0 Å². The highest BCUT2D eigenvalue weighted by Crippen LogP contribution is 2.16. The third-order valence-electron chi connectivity index (χ3n) is 3.42. The van der Waals surface area contributed by atoms with Gasteiger partial charge in [0, 0.05) is 5.56 Å². The minimum absolute atomic E-state index is 0.213. The van der Waals surface area contributed by atoms with Crippen molar-refractivity contribution in [2.24, 2.45) is 0 Å². The van der Waals surface area contributed by atoms with Crippen LogP contribution in [0.2, 0.25) is 0 Å². The average Bonchev–Trinajstić information content (AvgIpc) is 2.59. The van der Waals surface area contributed by atoms with E-state index < -0.39 is 5.97 Å². The zero-order valence-corrected chi connectivity index (χ0v) is 11.9. The molecule has 3 aromatic carbocycles. The van der Waals surface area contributed by atoms with E-state index in [0.29, 0.717) is 11.1 Å². The van der Waals surface area contributed by atoms with E-state index in [1.54, 1.807) is 36.4 Å². The van der Waals surface area contributed by atoms with Crippen LogP contribution in [0.25, 0.3) is 10.8 Å². The lowest BCUT2D eigenvalue weighted by molar-refractivity contribution is 0.0475. The van der Waals surface area contributed by atoms with E-state index in [9.17, 15) is 9.59 Å². The quantitative estimate of drug-likeness (QED) is 0.541. The summed E-state index contributed by atoms with van der Waals surface area (Å²) in [5.74, 6) is -0.704. The van der Waals surface area contributed by atoms with Gasteiger partial charge in [-0.05, 0) is 22.9 Å². The molecule has 108 valence electrons. The molecule has 0 saturated carbocycles. The number of fused-ring (bicyclic) bond motifs is 1. The van der Waals surface area contributed by atoms with Gasteiger partial charge in [0.15, 0.2) is 12.4 Å². The first kappa shape index (κ1) is 14.0. The molecule has 3 aromatic rings. The first-order valence-electron chi connectivity index (χ1n) is 6.98. The van der Waals surface area contributed by atoms with Crippen LogP contribution in [0, 0.1) is 0 Å². The number of hydrogen-bond acceptors (Lipinski definition) is 3. The molecule has 3 heteroatoms. The summed E-state index contributed by atoms with van der Waals surface area (Å²) in [4.78, 5) is 24.0. The highest BCUT2D eigenvalue weighted by molar-refractivity contribution is 6.00. The molecule has 0 heterocycles. The van der Waals surface area contributed by atoms with Gasteiger partial charge in [-0.15, -0.1) is 0 Å². The first-order chi connectivity index (χ1) is 10.7. The zero-order valence-electron chi connectivity index (χ0n) is 11.9. The second-order valence-corrected chi connectivity index (χ2v) is 4.93. The fourth-order valence-corrected chi connectivity index (χ4v) is 2.24. The summed E-state index contributed by atoms with van der Waals surface area (Å²) < 4.78 is 5.10. The first-order valence-corrected chi connectivity index (χ1v) is 6.98. The van der Waals surface area contributed by atoms with Crippen molar-refractivity contribution >= 4 is 22.5 Å². The Bertz CT molecular complexity index is 822. The maximum atomic E-state index is 12.0. The maximum Gasteiger partial charge on any atom is 0.338 e. The summed E-state index contributed by atoms with van der Waals surface area (Å²) in [6.45, 7) is -0.254. The van der Waals surface area contributed by atoms with Gasteiger partial charge >= 0.3 is 5.97 Å². The highest BCUT2D eigenvalue weighted by atomic mass is 16.5. The predicted molar refractivity (Wildman–Crippen MR) is 85.0 cm³/mol. The van der Waals surface area contributed by atoms with E-state index in [1.807, 2.05) is 36.4 Å². The number of benzene rings is 3. The molecule has 0 amide bonds. The molecule has 0 aliphatic carbocycles. The van der Waals surface area contributed by atoms with Gasteiger partial charge in [-0.2, -0.15) is 0 Å². The molecular weight excluding hydrogens is 276 g/mol. The number of esters is 1. The molecule has 0 radical (unpaired) electrons. The van der Waals surface area contributed by atoms with Gasteiger partial charge in [-0.25, -0.2) is 4.79 Å². The standard InChI is InChI=1S/C19H14O3/c20-18(15-7-2-1-3-8-15)13-22-19(21)17-11-10-14-6-4-5-9-16(14)12-17/h1-12H,13H2. The molecule has 0 saturated heterocycles.